The van der Waals surface area contributed by atoms with Crippen molar-refractivity contribution >= 4 is 16.7 Å². The molecular weight excluding hydrogens is 333 g/mol. The predicted octanol–water partition coefficient (Wildman–Crippen LogP) is 3.19. The standard InChI is InChI=1S/C17H21F3N4O/c1-23-8-6-11(7-9-23)24(2)15-13-5-4-12(25-3)10-14(13)21-16(22-15)17(18,19)20/h4-5,10-11H,6-9H2,1-3H3. The molecule has 5 nitrogen and oxygen atoms in total. The largest absolute Gasteiger partial charge is 0.497 e. The van der Waals surface area contributed by atoms with Gasteiger partial charge in [0.15, 0.2) is 0 Å². The maximum absolute atomic E-state index is 13.3. The van der Waals surface area contributed by atoms with Gasteiger partial charge in [-0.3, -0.25) is 0 Å². The van der Waals surface area contributed by atoms with Gasteiger partial charge in [-0.25, -0.2) is 9.97 Å². The number of hydrogen-bond acceptors (Lipinski definition) is 5. The summed E-state index contributed by atoms with van der Waals surface area (Å²) >= 11 is 0. The van der Waals surface area contributed by atoms with Crippen molar-refractivity contribution in [2.45, 2.75) is 25.1 Å². The molecule has 25 heavy (non-hydrogen) atoms. The van der Waals surface area contributed by atoms with Gasteiger partial charge in [0.1, 0.15) is 11.6 Å². The molecule has 1 aromatic carbocycles. The molecule has 1 saturated heterocycles. The van der Waals surface area contributed by atoms with E-state index >= 15 is 0 Å². The number of piperidine rings is 1. The summed E-state index contributed by atoms with van der Waals surface area (Å²) < 4.78 is 44.9. The van der Waals surface area contributed by atoms with Crippen molar-refractivity contribution in [2.24, 2.45) is 0 Å². The summed E-state index contributed by atoms with van der Waals surface area (Å²) in [6.45, 7) is 1.83. The van der Waals surface area contributed by atoms with E-state index in [4.69, 9.17) is 4.74 Å². The van der Waals surface area contributed by atoms with Gasteiger partial charge in [0.2, 0.25) is 5.82 Å². The highest BCUT2D eigenvalue weighted by Gasteiger charge is 2.36. The van der Waals surface area contributed by atoms with Crippen LogP contribution >= 0.6 is 0 Å². The zero-order valence-electron chi connectivity index (χ0n) is 14.5. The first-order valence-electron chi connectivity index (χ1n) is 8.14. The second-order valence-corrected chi connectivity index (χ2v) is 6.40. The van der Waals surface area contributed by atoms with Crippen LogP contribution in [0.1, 0.15) is 18.7 Å². The van der Waals surface area contributed by atoms with Crippen molar-refractivity contribution in [1.82, 2.24) is 14.9 Å². The molecule has 1 aliphatic rings. The molecule has 0 bridgehead atoms. The van der Waals surface area contributed by atoms with Gasteiger partial charge in [0.25, 0.3) is 0 Å². The number of methoxy groups -OCH3 is 1. The Kier molecular flexibility index (Phi) is 4.73. The fourth-order valence-corrected chi connectivity index (χ4v) is 3.17. The highest BCUT2D eigenvalue weighted by molar-refractivity contribution is 5.90. The van der Waals surface area contributed by atoms with Gasteiger partial charge in [-0.1, -0.05) is 0 Å². The maximum atomic E-state index is 13.3. The van der Waals surface area contributed by atoms with E-state index in [0.29, 0.717) is 17.0 Å². The fraction of sp³-hybridized carbons (Fsp3) is 0.529. The lowest BCUT2D eigenvalue weighted by molar-refractivity contribution is -0.144. The normalized spacial score (nSPS) is 17.0. The minimum Gasteiger partial charge on any atom is -0.497 e. The highest BCUT2D eigenvalue weighted by atomic mass is 19.4. The number of alkyl halides is 3. The van der Waals surface area contributed by atoms with Gasteiger partial charge in [-0.05, 0) is 45.1 Å². The average Bonchev–Trinajstić information content (AvgIpc) is 2.59. The summed E-state index contributed by atoms with van der Waals surface area (Å²) in [5.41, 5.74) is 0.233. The minimum absolute atomic E-state index is 0.150. The Morgan fingerprint density at radius 1 is 1.20 bits per heavy atom. The summed E-state index contributed by atoms with van der Waals surface area (Å²) in [6, 6.07) is 5.09. The van der Waals surface area contributed by atoms with Crippen LogP contribution in [0.3, 0.4) is 0 Å². The first-order chi connectivity index (χ1) is 11.8. The van der Waals surface area contributed by atoms with E-state index in [-0.39, 0.29) is 11.6 Å². The quantitative estimate of drug-likeness (QED) is 0.847. The van der Waals surface area contributed by atoms with Crippen LogP contribution in [0, 0.1) is 0 Å². The molecule has 0 amide bonds. The molecule has 0 unspecified atom stereocenters. The Hall–Kier alpha value is -2.09. The van der Waals surface area contributed by atoms with Crippen molar-refractivity contribution in [3.8, 4) is 5.75 Å². The molecule has 136 valence electrons. The third-order valence-corrected chi connectivity index (χ3v) is 4.71. The number of fused-ring (bicyclic) bond motifs is 1. The summed E-state index contributed by atoms with van der Waals surface area (Å²) in [5, 5.41) is 0.593. The predicted molar refractivity (Wildman–Crippen MR) is 90.0 cm³/mol. The number of aromatic nitrogens is 2. The van der Waals surface area contributed by atoms with E-state index in [1.807, 2.05) is 19.0 Å². The van der Waals surface area contributed by atoms with Crippen molar-refractivity contribution in [1.29, 1.82) is 0 Å². The van der Waals surface area contributed by atoms with Gasteiger partial charge in [-0.2, -0.15) is 13.2 Å². The lowest BCUT2D eigenvalue weighted by atomic mass is 10.0. The molecule has 2 aromatic rings. The van der Waals surface area contributed by atoms with Crippen molar-refractivity contribution < 1.29 is 17.9 Å². The van der Waals surface area contributed by atoms with Crippen molar-refractivity contribution in [3.63, 3.8) is 0 Å². The molecule has 0 N–H and O–H groups in total. The lowest BCUT2D eigenvalue weighted by Gasteiger charge is -2.36. The monoisotopic (exact) mass is 354 g/mol. The minimum atomic E-state index is -4.60. The molecule has 0 radical (unpaired) electrons. The Morgan fingerprint density at radius 3 is 2.48 bits per heavy atom. The van der Waals surface area contributed by atoms with Crippen LogP contribution in [0.25, 0.3) is 10.9 Å². The van der Waals surface area contributed by atoms with Crippen LogP contribution in [0.15, 0.2) is 18.2 Å². The van der Waals surface area contributed by atoms with Crippen LogP contribution in [0.4, 0.5) is 19.0 Å². The van der Waals surface area contributed by atoms with E-state index in [9.17, 15) is 13.2 Å². The molecule has 8 heteroatoms. The number of hydrogen-bond donors (Lipinski definition) is 0. The zero-order chi connectivity index (χ0) is 18.2. The third-order valence-electron chi connectivity index (χ3n) is 4.71. The Balaban J connectivity index is 2.08. The van der Waals surface area contributed by atoms with E-state index < -0.39 is 12.0 Å². The Bertz CT molecular complexity index is 757. The maximum Gasteiger partial charge on any atom is 0.451 e. The molecule has 0 spiro atoms. The first-order valence-corrected chi connectivity index (χ1v) is 8.14. The van der Waals surface area contributed by atoms with Crippen molar-refractivity contribution in [3.05, 3.63) is 24.0 Å². The van der Waals surface area contributed by atoms with Crippen LogP contribution in [0.2, 0.25) is 0 Å². The van der Waals surface area contributed by atoms with E-state index in [1.54, 1.807) is 12.1 Å². The van der Waals surface area contributed by atoms with Crippen LogP contribution in [-0.2, 0) is 6.18 Å². The summed E-state index contributed by atoms with van der Waals surface area (Å²) in [4.78, 5) is 11.6. The molecule has 3 rings (SSSR count). The number of benzene rings is 1. The lowest BCUT2D eigenvalue weighted by Crippen LogP contribution is -2.42. The van der Waals surface area contributed by atoms with Crippen LogP contribution < -0.4 is 9.64 Å². The molecular formula is C17H21F3N4O. The number of ether oxygens (including phenoxy) is 1. The van der Waals surface area contributed by atoms with Gasteiger partial charge in [0.05, 0.1) is 12.6 Å². The molecule has 2 heterocycles. The van der Waals surface area contributed by atoms with Crippen LogP contribution in [0.5, 0.6) is 5.75 Å². The fourth-order valence-electron chi connectivity index (χ4n) is 3.17. The first kappa shape index (κ1) is 17.7. The van der Waals surface area contributed by atoms with Crippen LogP contribution in [-0.4, -0.2) is 55.2 Å². The second kappa shape index (κ2) is 6.67. The molecule has 0 aliphatic carbocycles. The molecule has 0 atom stereocenters. The third kappa shape index (κ3) is 3.63. The van der Waals surface area contributed by atoms with E-state index in [2.05, 4.69) is 14.9 Å². The smallest absolute Gasteiger partial charge is 0.451 e. The summed E-state index contributed by atoms with van der Waals surface area (Å²) in [7, 11) is 5.32. The summed E-state index contributed by atoms with van der Waals surface area (Å²) in [6.07, 6.45) is -2.83. The van der Waals surface area contributed by atoms with Gasteiger partial charge in [0, 0.05) is 24.5 Å². The van der Waals surface area contributed by atoms with Gasteiger partial charge >= 0.3 is 6.18 Å². The van der Waals surface area contributed by atoms with Gasteiger partial charge in [-0.15, -0.1) is 0 Å². The second-order valence-electron chi connectivity index (χ2n) is 6.40. The molecule has 1 aliphatic heterocycles. The van der Waals surface area contributed by atoms with E-state index in [0.717, 1.165) is 25.9 Å². The number of nitrogens with zero attached hydrogens (tertiary/aromatic N) is 4. The molecule has 1 fully saturated rings. The number of likely N-dealkylation sites (tertiary alicyclic amines) is 1. The SMILES string of the molecule is COc1ccc2c(N(C)C3CCN(C)CC3)nc(C(F)(F)F)nc2c1. The Labute approximate surface area is 144 Å². The number of anilines is 1. The Morgan fingerprint density at radius 2 is 1.88 bits per heavy atom. The summed E-state index contributed by atoms with van der Waals surface area (Å²) in [5.74, 6) is -0.343. The van der Waals surface area contributed by atoms with Crippen molar-refractivity contribution in [2.75, 3.05) is 39.2 Å². The average molecular weight is 354 g/mol. The number of halogens is 3. The highest BCUT2D eigenvalue weighted by Crippen LogP contribution is 2.34. The molecule has 0 saturated carbocycles. The van der Waals surface area contributed by atoms with E-state index in [1.165, 1.54) is 13.2 Å². The molecule has 1 aromatic heterocycles. The van der Waals surface area contributed by atoms with Gasteiger partial charge < -0.3 is 14.5 Å². The topological polar surface area (TPSA) is 41.5 Å². The number of rotatable bonds is 3. The zero-order valence-corrected chi connectivity index (χ0v) is 14.5.